The number of hydrogen-bond acceptors (Lipinski definition) is 4. The van der Waals surface area contributed by atoms with Crippen LogP contribution in [0, 0.1) is 0 Å². The Kier molecular flexibility index (Phi) is 5.31. The van der Waals surface area contributed by atoms with Crippen molar-refractivity contribution in [2.24, 2.45) is 5.14 Å². The molecule has 0 radical (unpaired) electrons. The largest absolute Gasteiger partial charge is 0.391 e. The predicted molar refractivity (Wildman–Crippen MR) is 107 cm³/mol. The number of aliphatic hydroxyl groups excluding tert-OH is 1. The number of sulfonamides is 1. The topological polar surface area (TPSA) is 98.2 Å². The molecule has 2 aromatic carbocycles. The molecular weight excluding hydrogens is 386 g/mol. The van der Waals surface area contributed by atoms with Gasteiger partial charge in [0, 0.05) is 10.4 Å². The average molecular weight is 408 g/mol. The van der Waals surface area contributed by atoms with Gasteiger partial charge in [-0.25, -0.2) is 13.6 Å². The fourth-order valence-electron chi connectivity index (χ4n) is 3.70. The molecule has 0 fully saturated rings. The Hall–Kier alpha value is -1.93. The quantitative estimate of drug-likeness (QED) is 0.656. The summed E-state index contributed by atoms with van der Waals surface area (Å²) in [6.07, 6.45) is 1.44. The van der Waals surface area contributed by atoms with Crippen LogP contribution >= 0.6 is 11.6 Å². The molecule has 3 rings (SSSR count). The summed E-state index contributed by atoms with van der Waals surface area (Å²) < 4.78 is 24.9. The number of halogens is 1. The predicted octanol–water partition coefficient (Wildman–Crippen LogP) is 3.01. The molecule has 1 heterocycles. The second kappa shape index (κ2) is 7.24. The number of rotatable bonds is 6. The molecule has 3 N–H and O–H groups in total. The second-order valence-electron chi connectivity index (χ2n) is 6.67. The van der Waals surface area contributed by atoms with Gasteiger partial charge in [-0.3, -0.25) is 4.68 Å². The van der Waals surface area contributed by atoms with Crippen LogP contribution in [-0.4, -0.2) is 29.4 Å². The number of nitrogens with two attached hydrogens (primary N) is 1. The van der Waals surface area contributed by atoms with E-state index >= 15 is 0 Å². The highest BCUT2D eigenvalue weighted by atomic mass is 35.5. The summed E-state index contributed by atoms with van der Waals surface area (Å²) in [6, 6.07) is 12.7. The van der Waals surface area contributed by atoms with Crippen molar-refractivity contribution < 1.29 is 13.5 Å². The van der Waals surface area contributed by atoms with Gasteiger partial charge in [-0.05, 0) is 42.7 Å². The summed E-state index contributed by atoms with van der Waals surface area (Å²) in [5.74, 6) is -0.273. The molecule has 0 bridgehead atoms. The van der Waals surface area contributed by atoms with Gasteiger partial charge in [0.1, 0.15) is 5.54 Å². The van der Waals surface area contributed by atoms with Gasteiger partial charge in [0.25, 0.3) is 0 Å². The Morgan fingerprint density at radius 2 is 1.93 bits per heavy atom. The van der Waals surface area contributed by atoms with Gasteiger partial charge >= 0.3 is 0 Å². The van der Waals surface area contributed by atoms with Crippen molar-refractivity contribution in [3.05, 3.63) is 64.8 Å². The van der Waals surface area contributed by atoms with Gasteiger partial charge in [-0.2, -0.15) is 5.10 Å². The number of hydrogen-bond donors (Lipinski definition) is 2. The lowest BCUT2D eigenvalue weighted by Crippen LogP contribution is -2.44. The summed E-state index contributed by atoms with van der Waals surface area (Å²) >= 11 is 6.03. The van der Waals surface area contributed by atoms with Crippen molar-refractivity contribution in [2.75, 3.05) is 0 Å². The molecule has 27 heavy (non-hydrogen) atoms. The van der Waals surface area contributed by atoms with E-state index in [1.54, 1.807) is 42.1 Å². The second-order valence-corrected chi connectivity index (χ2v) is 8.73. The summed E-state index contributed by atoms with van der Waals surface area (Å²) in [6.45, 7) is 3.70. The molecular formula is C19H22ClN3O3S. The maximum absolute atomic E-state index is 11.6. The summed E-state index contributed by atoms with van der Waals surface area (Å²) in [7, 11) is -3.67. The molecule has 2 unspecified atom stereocenters. The highest BCUT2D eigenvalue weighted by molar-refractivity contribution is 7.88. The van der Waals surface area contributed by atoms with E-state index in [2.05, 4.69) is 5.10 Å². The van der Waals surface area contributed by atoms with E-state index in [1.165, 1.54) is 0 Å². The van der Waals surface area contributed by atoms with E-state index in [4.69, 9.17) is 16.7 Å². The smallest absolute Gasteiger partial charge is 0.213 e. The van der Waals surface area contributed by atoms with Crippen LogP contribution in [0.25, 0.3) is 10.9 Å². The molecule has 1 aromatic heterocycles. The molecule has 8 heteroatoms. The van der Waals surface area contributed by atoms with Gasteiger partial charge < -0.3 is 5.11 Å². The third-order valence-corrected chi connectivity index (χ3v) is 5.98. The molecule has 0 aliphatic heterocycles. The lowest BCUT2D eigenvalue weighted by molar-refractivity contribution is 0.0669. The number of nitrogens with zero attached hydrogens (tertiary/aromatic N) is 2. The highest BCUT2D eigenvalue weighted by Crippen LogP contribution is 2.37. The molecule has 0 saturated carbocycles. The normalized spacial score (nSPS) is 15.6. The van der Waals surface area contributed by atoms with Crippen molar-refractivity contribution >= 4 is 32.5 Å². The van der Waals surface area contributed by atoms with Crippen LogP contribution in [0.4, 0.5) is 0 Å². The van der Waals surface area contributed by atoms with E-state index in [0.29, 0.717) is 22.4 Å². The zero-order chi connectivity index (χ0) is 19.8. The molecule has 6 nitrogen and oxygen atoms in total. The Morgan fingerprint density at radius 1 is 1.26 bits per heavy atom. The highest BCUT2D eigenvalue weighted by Gasteiger charge is 2.39. The summed E-state index contributed by atoms with van der Waals surface area (Å²) in [5.41, 5.74) is 1.35. The van der Waals surface area contributed by atoms with Crippen LogP contribution in [0.3, 0.4) is 0 Å². The molecule has 144 valence electrons. The Labute approximate surface area is 163 Å². The van der Waals surface area contributed by atoms with Crippen molar-refractivity contribution in [2.45, 2.75) is 37.7 Å². The maximum Gasteiger partial charge on any atom is 0.213 e. The van der Waals surface area contributed by atoms with Gasteiger partial charge in [0.2, 0.25) is 10.0 Å². The molecule has 2 atom stereocenters. The molecule has 0 spiro atoms. The number of aromatic nitrogens is 2. The fourth-order valence-corrected chi connectivity index (χ4v) is 4.51. The molecule has 0 aliphatic rings. The maximum atomic E-state index is 11.6. The third-order valence-electron chi connectivity index (χ3n) is 5.01. The SMILES string of the molecule is CCC(c1ccc(Cl)cc1)(C(C)O)n1ncc2c(CS(N)(=O)=O)cccc21. The Balaban J connectivity index is 2.26. The van der Waals surface area contributed by atoms with Crippen LogP contribution in [0.5, 0.6) is 0 Å². The number of fused-ring (bicyclic) bond motifs is 1. The van der Waals surface area contributed by atoms with Crippen LogP contribution in [0.1, 0.15) is 31.4 Å². The van der Waals surface area contributed by atoms with E-state index < -0.39 is 21.7 Å². The average Bonchev–Trinajstić information content (AvgIpc) is 3.02. The van der Waals surface area contributed by atoms with E-state index in [9.17, 15) is 13.5 Å². The molecule has 0 amide bonds. The molecule has 3 aromatic rings. The van der Waals surface area contributed by atoms with Crippen molar-refractivity contribution in [3.63, 3.8) is 0 Å². The zero-order valence-electron chi connectivity index (χ0n) is 15.1. The number of benzene rings is 2. The Bertz CT molecular complexity index is 1060. The van der Waals surface area contributed by atoms with E-state index in [-0.39, 0.29) is 5.75 Å². The van der Waals surface area contributed by atoms with Crippen molar-refractivity contribution in [1.82, 2.24) is 9.78 Å². The van der Waals surface area contributed by atoms with Crippen molar-refractivity contribution in [1.29, 1.82) is 0 Å². The number of aliphatic hydroxyl groups is 1. The first-order valence-electron chi connectivity index (χ1n) is 8.59. The molecule has 0 saturated heterocycles. The minimum Gasteiger partial charge on any atom is -0.391 e. The lowest BCUT2D eigenvalue weighted by atomic mass is 9.82. The number of primary sulfonamides is 1. The lowest BCUT2D eigenvalue weighted by Gasteiger charge is -2.37. The first-order valence-corrected chi connectivity index (χ1v) is 10.7. The fraction of sp³-hybridized carbons (Fsp3) is 0.316. The minimum atomic E-state index is -3.67. The van der Waals surface area contributed by atoms with Crippen LogP contribution in [0.15, 0.2) is 48.7 Å². The first kappa shape index (κ1) is 19.8. The third kappa shape index (κ3) is 3.60. The van der Waals surface area contributed by atoms with Gasteiger partial charge in [0.05, 0.1) is 23.6 Å². The summed E-state index contributed by atoms with van der Waals surface area (Å²) in [5, 5.41) is 21.8. The monoisotopic (exact) mass is 407 g/mol. The molecule has 0 aliphatic carbocycles. The first-order chi connectivity index (χ1) is 12.7. The van der Waals surface area contributed by atoms with Gasteiger partial charge in [-0.15, -0.1) is 0 Å². The van der Waals surface area contributed by atoms with E-state index in [1.807, 2.05) is 25.1 Å². The van der Waals surface area contributed by atoms with Crippen LogP contribution in [0.2, 0.25) is 5.02 Å². The van der Waals surface area contributed by atoms with Crippen LogP contribution in [-0.2, 0) is 21.3 Å². The zero-order valence-corrected chi connectivity index (χ0v) is 16.7. The van der Waals surface area contributed by atoms with Crippen LogP contribution < -0.4 is 5.14 Å². The summed E-state index contributed by atoms with van der Waals surface area (Å²) in [4.78, 5) is 0. The standard InChI is InChI=1S/C19H22ClN3O3S/c1-3-19(13(2)24,15-7-9-16(20)10-8-15)23-18-6-4-5-14(12-27(21,25)26)17(18)11-22-23/h4-11,13,24H,3,12H2,1-2H3,(H2,21,25,26). The Morgan fingerprint density at radius 3 is 2.48 bits per heavy atom. The van der Waals surface area contributed by atoms with Gasteiger partial charge in [0.15, 0.2) is 0 Å². The minimum absolute atomic E-state index is 0.273. The van der Waals surface area contributed by atoms with E-state index in [0.717, 1.165) is 11.1 Å². The van der Waals surface area contributed by atoms with Gasteiger partial charge in [-0.1, -0.05) is 42.8 Å². The van der Waals surface area contributed by atoms with Crippen molar-refractivity contribution in [3.8, 4) is 0 Å².